The third-order valence-electron chi connectivity index (χ3n) is 4.02. The maximum atomic E-state index is 12.7. The van der Waals surface area contributed by atoms with Gasteiger partial charge in [-0.05, 0) is 38.3 Å². The van der Waals surface area contributed by atoms with Crippen LogP contribution in [0.25, 0.3) is 0 Å². The summed E-state index contributed by atoms with van der Waals surface area (Å²) in [5, 5.41) is 0. The van der Waals surface area contributed by atoms with Gasteiger partial charge < -0.3 is 14.4 Å². The number of likely N-dealkylation sites (tertiary alicyclic amines) is 1. The minimum Gasteiger partial charge on any atom is -0.481 e. The van der Waals surface area contributed by atoms with Crippen LogP contribution in [0.4, 0.5) is 0 Å². The molecule has 1 aromatic carbocycles. The molecule has 2 rings (SSSR count). The second kappa shape index (κ2) is 8.56. The molecule has 1 fully saturated rings. The van der Waals surface area contributed by atoms with Crippen LogP contribution in [0.5, 0.6) is 5.75 Å². The summed E-state index contributed by atoms with van der Waals surface area (Å²) in [6, 6.07) is 9.35. The monoisotopic (exact) mass is 319 g/mol. The first-order chi connectivity index (χ1) is 11.2. The van der Waals surface area contributed by atoms with Gasteiger partial charge in [0.2, 0.25) is 0 Å². The lowest BCUT2D eigenvalue weighted by Gasteiger charge is -2.33. The molecule has 0 spiro atoms. The van der Waals surface area contributed by atoms with Crippen LogP contribution < -0.4 is 4.74 Å². The number of rotatable bonds is 6. The van der Waals surface area contributed by atoms with Gasteiger partial charge in [0.25, 0.3) is 5.91 Å². The van der Waals surface area contributed by atoms with Crippen molar-refractivity contribution < 1.29 is 19.1 Å². The SMILES string of the molecule is CCOC(=O)[C@@H]1CCCN(C(=O)[C@@H](CC)Oc2ccccc2)C1. The van der Waals surface area contributed by atoms with Crippen molar-refractivity contribution in [3.8, 4) is 5.75 Å². The van der Waals surface area contributed by atoms with Crippen LogP contribution in [0.3, 0.4) is 0 Å². The van der Waals surface area contributed by atoms with E-state index >= 15 is 0 Å². The Labute approximate surface area is 137 Å². The molecular formula is C18H25NO4. The van der Waals surface area contributed by atoms with Gasteiger partial charge in [0.15, 0.2) is 6.10 Å². The van der Waals surface area contributed by atoms with Gasteiger partial charge in [-0.2, -0.15) is 0 Å². The topological polar surface area (TPSA) is 55.8 Å². The molecule has 2 atom stereocenters. The number of para-hydroxylation sites is 1. The molecule has 5 heteroatoms. The lowest BCUT2D eigenvalue weighted by Crippen LogP contribution is -2.48. The highest BCUT2D eigenvalue weighted by molar-refractivity contribution is 5.82. The number of piperidine rings is 1. The second-order valence-electron chi connectivity index (χ2n) is 5.70. The summed E-state index contributed by atoms with van der Waals surface area (Å²) in [7, 11) is 0. The van der Waals surface area contributed by atoms with Gasteiger partial charge in [0.1, 0.15) is 5.75 Å². The molecule has 0 aromatic heterocycles. The lowest BCUT2D eigenvalue weighted by atomic mass is 9.97. The van der Waals surface area contributed by atoms with Crippen molar-refractivity contribution in [1.82, 2.24) is 4.90 Å². The molecule has 1 saturated heterocycles. The van der Waals surface area contributed by atoms with Crippen molar-refractivity contribution in [1.29, 1.82) is 0 Å². The Morgan fingerprint density at radius 2 is 2.00 bits per heavy atom. The standard InChI is InChI=1S/C18H25NO4/c1-3-16(23-15-10-6-5-7-11-15)17(20)19-12-8-9-14(13-19)18(21)22-4-2/h5-7,10-11,14,16H,3-4,8-9,12-13H2,1-2H3/t14-,16-/m1/s1. The molecular weight excluding hydrogens is 294 g/mol. The third kappa shape index (κ3) is 4.71. The molecule has 0 saturated carbocycles. The fourth-order valence-corrected chi connectivity index (χ4v) is 2.81. The Morgan fingerprint density at radius 1 is 1.26 bits per heavy atom. The summed E-state index contributed by atoms with van der Waals surface area (Å²) in [5.74, 6) is 0.209. The van der Waals surface area contributed by atoms with Gasteiger partial charge in [0, 0.05) is 13.1 Å². The first-order valence-electron chi connectivity index (χ1n) is 8.32. The fraction of sp³-hybridized carbons (Fsp3) is 0.556. The van der Waals surface area contributed by atoms with Gasteiger partial charge in [-0.25, -0.2) is 0 Å². The Hall–Kier alpha value is -2.04. The predicted octanol–water partition coefficient (Wildman–Crippen LogP) is 2.65. The van der Waals surface area contributed by atoms with Crippen LogP contribution in [0.15, 0.2) is 30.3 Å². The molecule has 5 nitrogen and oxygen atoms in total. The predicted molar refractivity (Wildman–Crippen MR) is 87.1 cm³/mol. The van der Waals surface area contributed by atoms with E-state index < -0.39 is 6.10 Å². The van der Waals surface area contributed by atoms with Crippen LogP contribution in [-0.4, -0.2) is 42.6 Å². The Kier molecular flexibility index (Phi) is 6.44. The van der Waals surface area contributed by atoms with Crippen molar-refractivity contribution >= 4 is 11.9 Å². The third-order valence-corrected chi connectivity index (χ3v) is 4.02. The highest BCUT2D eigenvalue weighted by Gasteiger charge is 2.32. The van der Waals surface area contributed by atoms with Crippen molar-refractivity contribution in [2.75, 3.05) is 19.7 Å². The molecule has 1 heterocycles. The molecule has 1 aliphatic rings. The molecule has 1 aromatic rings. The normalized spacial score (nSPS) is 19.0. The number of ether oxygens (including phenoxy) is 2. The summed E-state index contributed by atoms with van der Waals surface area (Å²) >= 11 is 0. The van der Waals surface area contributed by atoms with Crippen LogP contribution in [0.1, 0.15) is 33.1 Å². The Morgan fingerprint density at radius 3 is 2.65 bits per heavy atom. The van der Waals surface area contributed by atoms with Crippen molar-refractivity contribution in [2.45, 2.75) is 39.2 Å². The van der Waals surface area contributed by atoms with E-state index in [2.05, 4.69) is 0 Å². The smallest absolute Gasteiger partial charge is 0.310 e. The molecule has 23 heavy (non-hydrogen) atoms. The van der Waals surface area contributed by atoms with E-state index in [1.165, 1.54) is 0 Å². The molecule has 1 amide bonds. The maximum Gasteiger partial charge on any atom is 0.310 e. The van der Waals surface area contributed by atoms with E-state index in [-0.39, 0.29) is 17.8 Å². The lowest BCUT2D eigenvalue weighted by molar-refractivity contribution is -0.152. The zero-order valence-corrected chi connectivity index (χ0v) is 13.9. The summed E-state index contributed by atoms with van der Waals surface area (Å²) in [4.78, 5) is 26.4. The Bertz CT molecular complexity index is 517. The number of amides is 1. The number of carbonyl (C=O) groups excluding carboxylic acids is 2. The van der Waals surface area contributed by atoms with Crippen LogP contribution in [0, 0.1) is 5.92 Å². The molecule has 0 aliphatic carbocycles. The number of esters is 1. The van der Waals surface area contributed by atoms with Crippen LogP contribution >= 0.6 is 0 Å². The van der Waals surface area contributed by atoms with Crippen molar-refractivity contribution in [3.63, 3.8) is 0 Å². The summed E-state index contributed by atoms with van der Waals surface area (Å²) in [5.41, 5.74) is 0. The van der Waals surface area contributed by atoms with Crippen molar-refractivity contribution in [2.24, 2.45) is 5.92 Å². The summed E-state index contributed by atoms with van der Waals surface area (Å²) in [6.45, 7) is 5.19. The number of nitrogens with zero attached hydrogens (tertiary/aromatic N) is 1. The van der Waals surface area contributed by atoms with Gasteiger partial charge in [-0.3, -0.25) is 9.59 Å². The number of carbonyl (C=O) groups is 2. The molecule has 0 radical (unpaired) electrons. The van der Waals surface area contributed by atoms with Gasteiger partial charge in [-0.1, -0.05) is 25.1 Å². The number of benzene rings is 1. The highest BCUT2D eigenvalue weighted by Crippen LogP contribution is 2.21. The molecule has 126 valence electrons. The maximum absolute atomic E-state index is 12.7. The van der Waals surface area contributed by atoms with Gasteiger partial charge in [-0.15, -0.1) is 0 Å². The first kappa shape index (κ1) is 17.3. The van der Waals surface area contributed by atoms with Gasteiger partial charge >= 0.3 is 5.97 Å². The molecule has 0 bridgehead atoms. The van der Waals surface area contributed by atoms with E-state index in [9.17, 15) is 9.59 Å². The first-order valence-corrected chi connectivity index (χ1v) is 8.32. The van der Waals surface area contributed by atoms with E-state index in [1.807, 2.05) is 37.3 Å². The molecule has 0 unspecified atom stereocenters. The average Bonchev–Trinajstić information content (AvgIpc) is 2.60. The van der Waals surface area contributed by atoms with Gasteiger partial charge in [0.05, 0.1) is 12.5 Å². The molecule has 0 N–H and O–H groups in total. The minimum absolute atomic E-state index is 0.0506. The largest absolute Gasteiger partial charge is 0.481 e. The van der Waals surface area contributed by atoms with Crippen LogP contribution in [0.2, 0.25) is 0 Å². The quantitative estimate of drug-likeness (QED) is 0.756. The minimum atomic E-state index is -0.515. The highest BCUT2D eigenvalue weighted by atomic mass is 16.5. The zero-order valence-electron chi connectivity index (χ0n) is 13.9. The van der Waals surface area contributed by atoms with E-state index in [4.69, 9.17) is 9.47 Å². The number of hydrogen-bond acceptors (Lipinski definition) is 4. The second-order valence-corrected chi connectivity index (χ2v) is 5.70. The number of hydrogen-bond donors (Lipinski definition) is 0. The van der Waals surface area contributed by atoms with Crippen molar-refractivity contribution in [3.05, 3.63) is 30.3 Å². The fourth-order valence-electron chi connectivity index (χ4n) is 2.81. The van der Waals surface area contributed by atoms with Crippen LogP contribution in [-0.2, 0) is 14.3 Å². The van der Waals surface area contributed by atoms with E-state index in [1.54, 1.807) is 11.8 Å². The van der Waals surface area contributed by atoms with E-state index in [0.717, 1.165) is 12.8 Å². The average molecular weight is 319 g/mol. The Balaban J connectivity index is 1.98. The zero-order chi connectivity index (χ0) is 16.7. The van der Waals surface area contributed by atoms with E-state index in [0.29, 0.717) is 31.9 Å². The summed E-state index contributed by atoms with van der Waals surface area (Å²) in [6.07, 6.45) is 1.67. The summed E-state index contributed by atoms with van der Waals surface area (Å²) < 4.78 is 10.9. The molecule has 1 aliphatic heterocycles.